The third-order valence-electron chi connectivity index (χ3n) is 2.94. The molecule has 0 aromatic heterocycles. The fourth-order valence-corrected chi connectivity index (χ4v) is 1.76. The summed E-state index contributed by atoms with van der Waals surface area (Å²) < 4.78 is 5.46. The molecule has 0 heterocycles. The van der Waals surface area contributed by atoms with Gasteiger partial charge >= 0.3 is 0 Å². The molecule has 0 saturated carbocycles. The minimum absolute atomic E-state index is 0.170. The molecule has 3 heteroatoms. The van der Waals surface area contributed by atoms with Crippen LogP contribution in [0, 0.1) is 0 Å². The topological polar surface area (TPSA) is 38.3 Å². The normalized spacial score (nSPS) is 10.6. The molecule has 0 fully saturated rings. The van der Waals surface area contributed by atoms with E-state index in [0.717, 1.165) is 32.4 Å². The summed E-state index contributed by atoms with van der Waals surface area (Å²) in [6.45, 7) is 6.76. The summed E-state index contributed by atoms with van der Waals surface area (Å²) in [4.78, 5) is 11.4. The van der Waals surface area contributed by atoms with Gasteiger partial charge in [-0.3, -0.25) is 4.79 Å². The van der Waals surface area contributed by atoms with Gasteiger partial charge in [0.1, 0.15) is 0 Å². The molecular formula is C15H31NO2. The molecule has 0 aliphatic carbocycles. The van der Waals surface area contributed by atoms with Crippen LogP contribution < -0.4 is 5.32 Å². The summed E-state index contributed by atoms with van der Waals surface area (Å²) in [5.74, 6) is 0.170. The second kappa shape index (κ2) is 14.5. The van der Waals surface area contributed by atoms with Crippen LogP contribution in [0.2, 0.25) is 0 Å². The van der Waals surface area contributed by atoms with E-state index >= 15 is 0 Å². The summed E-state index contributed by atoms with van der Waals surface area (Å²) >= 11 is 0. The maximum absolute atomic E-state index is 11.4. The highest BCUT2D eigenvalue weighted by Gasteiger charge is 2.00. The number of hydrogen-bond donors (Lipinski definition) is 1. The Morgan fingerprint density at radius 3 is 2.28 bits per heavy atom. The van der Waals surface area contributed by atoms with E-state index in [4.69, 9.17) is 4.74 Å². The average molecular weight is 257 g/mol. The molecule has 1 N–H and O–H groups in total. The van der Waals surface area contributed by atoms with E-state index in [-0.39, 0.29) is 5.91 Å². The maximum atomic E-state index is 11.4. The van der Waals surface area contributed by atoms with E-state index in [2.05, 4.69) is 19.2 Å². The van der Waals surface area contributed by atoms with E-state index in [1.807, 2.05) is 0 Å². The molecule has 0 aromatic rings. The number of carbonyl (C=O) groups excluding carboxylic acids is 1. The highest BCUT2D eigenvalue weighted by molar-refractivity contribution is 5.75. The number of amides is 1. The zero-order chi connectivity index (χ0) is 13.5. The van der Waals surface area contributed by atoms with Gasteiger partial charge < -0.3 is 10.1 Å². The lowest BCUT2D eigenvalue weighted by atomic mass is 10.2. The third kappa shape index (κ3) is 13.5. The van der Waals surface area contributed by atoms with Crippen molar-refractivity contribution in [1.82, 2.24) is 5.32 Å². The molecule has 0 aromatic carbocycles. The van der Waals surface area contributed by atoms with Gasteiger partial charge in [-0.2, -0.15) is 0 Å². The highest BCUT2D eigenvalue weighted by atomic mass is 16.5. The van der Waals surface area contributed by atoms with Crippen molar-refractivity contribution in [3.05, 3.63) is 0 Å². The predicted molar refractivity (Wildman–Crippen MR) is 76.7 cm³/mol. The zero-order valence-corrected chi connectivity index (χ0v) is 12.3. The van der Waals surface area contributed by atoms with Gasteiger partial charge in [-0.25, -0.2) is 0 Å². The maximum Gasteiger partial charge on any atom is 0.220 e. The Balaban J connectivity index is 3.12. The monoisotopic (exact) mass is 257 g/mol. The SMILES string of the molecule is CCCCCCNC(=O)CCCOCCCCC. The van der Waals surface area contributed by atoms with E-state index < -0.39 is 0 Å². The average Bonchev–Trinajstić information content (AvgIpc) is 2.37. The van der Waals surface area contributed by atoms with Crippen molar-refractivity contribution in [3.8, 4) is 0 Å². The Bertz CT molecular complexity index is 183. The first-order valence-corrected chi connectivity index (χ1v) is 7.65. The second-order valence-corrected chi connectivity index (χ2v) is 4.83. The minimum atomic E-state index is 0.170. The molecule has 0 atom stereocenters. The third-order valence-corrected chi connectivity index (χ3v) is 2.94. The molecule has 0 aliphatic heterocycles. The Kier molecular flexibility index (Phi) is 14.0. The van der Waals surface area contributed by atoms with Crippen LogP contribution in [0.5, 0.6) is 0 Å². The zero-order valence-electron chi connectivity index (χ0n) is 12.3. The molecule has 0 radical (unpaired) electrons. The Morgan fingerprint density at radius 2 is 1.56 bits per heavy atom. The van der Waals surface area contributed by atoms with Gasteiger partial charge in [-0.1, -0.05) is 46.0 Å². The van der Waals surface area contributed by atoms with Crippen molar-refractivity contribution in [1.29, 1.82) is 0 Å². The van der Waals surface area contributed by atoms with E-state index in [1.54, 1.807) is 0 Å². The molecule has 0 unspecified atom stereocenters. The summed E-state index contributed by atoms with van der Waals surface area (Å²) in [5.41, 5.74) is 0. The van der Waals surface area contributed by atoms with Crippen LogP contribution in [0.4, 0.5) is 0 Å². The van der Waals surface area contributed by atoms with Gasteiger partial charge in [0.05, 0.1) is 0 Å². The molecule has 0 spiro atoms. The summed E-state index contributed by atoms with van der Waals surface area (Å²) in [6, 6.07) is 0. The molecule has 0 rings (SSSR count). The van der Waals surface area contributed by atoms with Crippen molar-refractivity contribution < 1.29 is 9.53 Å². The Hall–Kier alpha value is -0.570. The van der Waals surface area contributed by atoms with Crippen LogP contribution in [-0.4, -0.2) is 25.7 Å². The van der Waals surface area contributed by atoms with Crippen LogP contribution in [0.3, 0.4) is 0 Å². The summed E-state index contributed by atoms with van der Waals surface area (Å²) in [7, 11) is 0. The van der Waals surface area contributed by atoms with E-state index in [0.29, 0.717) is 13.0 Å². The fraction of sp³-hybridized carbons (Fsp3) is 0.933. The van der Waals surface area contributed by atoms with Gasteiger partial charge in [0.25, 0.3) is 0 Å². The lowest BCUT2D eigenvalue weighted by Crippen LogP contribution is -2.24. The molecular weight excluding hydrogens is 226 g/mol. The Labute approximate surface area is 113 Å². The van der Waals surface area contributed by atoms with Crippen molar-refractivity contribution in [3.63, 3.8) is 0 Å². The van der Waals surface area contributed by atoms with Crippen molar-refractivity contribution in [2.45, 2.75) is 71.6 Å². The van der Waals surface area contributed by atoms with Crippen LogP contribution in [-0.2, 0) is 9.53 Å². The molecule has 18 heavy (non-hydrogen) atoms. The quantitative estimate of drug-likeness (QED) is 0.511. The molecule has 0 saturated heterocycles. The number of hydrogen-bond acceptors (Lipinski definition) is 2. The van der Waals surface area contributed by atoms with Crippen LogP contribution >= 0.6 is 0 Å². The number of nitrogens with one attached hydrogen (secondary N) is 1. The largest absolute Gasteiger partial charge is 0.381 e. The second-order valence-electron chi connectivity index (χ2n) is 4.83. The van der Waals surface area contributed by atoms with Gasteiger partial charge in [0.15, 0.2) is 0 Å². The first-order chi connectivity index (χ1) is 8.81. The first kappa shape index (κ1) is 17.4. The minimum Gasteiger partial charge on any atom is -0.381 e. The Morgan fingerprint density at radius 1 is 0.889 bits per heavy atom. The predicted octanol–water partition coefficient (Wildman–Crippen LogP) is 3.67. The van der Waals surface area contributed by atoms with Gasteiger partial charge in [-0.15, -0.1) is 0 Å². The van der Waals surface area contributed by atoms with E-state index in [1.165, 1.54) is 32.1 Å². The van der Waals surface area contributed by atoms with E-state index in [9.17, 15) is 4.79 Å². The molecule has 1 amide bonds. The first-order valence-electron chi connectivity index (χ1n) is 7.65. The smallest absolute Gasteiger partial charge is 0.220 e. The number of unbranched alkanes of at least 4 members (excludes halogenated alkanes) is 5. The van der Waals surface area contributed by atoms with Crippen LogP contribution in [0.1, 0.15) is 71.6 Å². The molecule has 0 bridgehead atoms. The number of carbonyl (C=O) groups is 1. The standard InChI is InChI=1S/C15H31NO2/c1-3-5-7-8-12-16-15(17)11-10-14-18-13-9-6-4-2/h3-14H2,1-2H3,(H,16,17). The van der Waals surface area contributed by atoms with Crippen LogP contribution in [0.25, 0.3) is 0 Å². The number of rotatable bonds is 13. The number of ether oxygens (including phenoxy) is 1. The molecule has 108 valence electrons. The van der Waals surface area contributed by atoms with Crippen molar-refractivity contribution in [2.24, 2.45) is 0 Å². The van der Waals surface area contributed by atoms with Gasteiger partial charge in [0, 0.05) is 26.2 Å². The van der Waals surface area contributed by atoms with Gasteiger partial charge in [0.2, 0.25) is 5.91 Å². The lowest BCUT2D eigenvalue weighted by Gasteiger charge is -2.05. The summed E-state index contributed by atoms with van der Waals surface area (Å²) in [6.07, 6.45) is 9.87. The van der Waals surface area contributed by atoms with Crippen molar-refractivity contribution >= 4 is 5.91 Å². The summed E-state index contributed by atoms with van der Waals surface area (Å²) in [5, 5.41) is 2.96. The highest BCUT2D eigenvalue weighted by Crippen LogP contribution is 1.98. The van der Waals surface area contributed by atoms with Gasteiger partial charge in [-0.05, 0) is 19.3 Å². The van der Waals surface area contributed by atoms with Crippen LogP contribution in [0.15, 0.2) is 0 Å². The molecule has 0 aliphatic rings. The van der Waals surface area contributed by atoms with Crippen molar-refractivity contribution in [2.75, 3.05) is 19.8 Å². The lowest BCUT2D eigenvalue weighted by molar-refractivity contribution is -0.121. The fourth-order valence-electron chi connectivity index (χ4n) is 1.76. The molecule has 3 nitrogen and oxygen atoms in total.